The molecule has 1 N–H and O–H groups in total. The van der Waals surface area contributed by atoms with E-state index in [9.17, 15) is 9.90 Å². The van der Waals surface area contributed by atoms with Gasteiger partial charge in [-0.05, 0) is 20.3 Å². The summed E-state index contributed by atoms with van der Waals surface area (Å²) in [4.78, 5) is 16.1. The highest BCUT2D eigenvalue weighted by Gasteiger charge is 2.21. The van der Waals surface area contributed by atoms with Gasteiger partial charge >= 0.3 is 0 Å². The van der Waals surface area contributed by atoms with Crippen LogP contribution in [0.25, 0.3) is 0 Å². The Balaban J connectivity index is 1.73. The lowest BCUT2D eigenvalue weighted by molar-refractivity contribution is -0.133. The van der Waals surface area contributed by atoms with E-state index < -0.39 is 6.10 Å². The molecule has 0 bridgehead atoms. The van der Waals surface area contributed by atoms with E-state index in [-0.39, 0.29) is 5.91 Å². The van der Waals surface area contributed by atoms with E-state index in [0.29, 0.717) is 12.8 Å². The predicted octanol–water partition coefficient (Wildman–Crippen LogP) is 0.788. The second kappa shape index (κ2) is 6.85. The lowest BCUT2D eigenvalue weighted by Gasteiger charge is -2.34. The summed E-state index contributed by atoms with van der Waals surface area (Å²) in [6.07, 6.45) is 0.560. The van der Waals surface area contributed by atoms with E-state index in [1.54, 1.807) is 6.92 Å². The number of carbonyl (C=O) groups is 1. The van der Waals surface area contributed by atoms with Crippen LogP contribution >= 0.6 is 0 Å². The van der Waals surface area contributed by atoms with Gasteiger partial charge in [-0.25, -0.2) is 0 Å². The van der Waals surface area contributed by atoms with Crippen LogP contribution in [0, 0.1) is 6.92 Å². The highest BCUT2D eigenvalue weighted by Crippen LogP contribution is 2.11. The van der Waals surface area contributed by atoms with E-state index in [1.807, 2.05) is 17.9 Å². The zero-order valence-electron chi connectivity index (χ0n) is 12.2. The number of hydrogen-bond acceptors (Lipinski definition) is 5. The van der Waals surface area contributed by atoms with Crippen molar-refractivity contribution in [2.75, 3.05) is 26.2 Å². The fourth-order valence-corrected chi connectivity index (χ4v) is 2.36. The van der Waals surface area contributed by atoms with Crippen LogP contribution in [0.5, 0.6) is 0 Å². The maximum atomic E-state index is 11.9. The minimum Gasteiger partial charge on any atom is -0.393 e. The zero-order valence-corrected chi connectivity index (χ0v) is 12.2. The second-order valence-electron chi connectivity index (χ2n) is 5.48. The molecule has 6 nitrogen and oxygen atoms in total. The number of aryl methyl sites for hydroxylation is 1. The van der Waals surface area contributed by atoms with Crippen molar-refractivity contribution in [3.8, 4) is 0 Å². The fraction of sp³-hybridized carbons (Fsp3) is 0.714. The molecule has 6 heteroatoms. The summed E-state index contributed by atoms with van der Waals surface area (Å²) in [5.74, 6) is 1.01. The number of rotatable bonds is 5. The number of nitrogens with zero attached hydrogens (tertiary/aromatic N) is 3. The van der Waals surface area contributed by atoms with Crippen LogP contribution in [0.3, 0.4) is 0 Å². The molecule has 1 fully saturated rings. The molecule has 2 heterocycles. The van der Waals surface area contributed by atoms with Crippen LogP contribution in [-0.2, 0) is 11.3 Å². The molecule has 1 unspecified atom stereocenters. The van der Waals surface area contributed by atoms with Crippen LogP contribution in [0.1, 0.15) is 31.2 Å². The molecular formula is C14H23N3O3. The highest BCUT2D eigenvalue weighted by molar-refractivity contribution is 5.76. The first-order chi connectivity index (χ1) is 9.54. The van der Waals surface area contributed by atoms with Gasteiger partial charge in [-0.3, -0.25) is 9.69 Å². The summed E-state index contributed by atoms with van der Waals surface area (Å²) < 4.78 is 5.21. The van der Waals surface area contributed by atoms with Crippen molar-refractivity contribution < 1.29 is 14.4 Å². The average Bonchev–Trinajstić information content (AvgIpc) is 2.82. The maximum Gasteiger partial charge on any atom is 0.222 e. The highest BCUT2D eigenvalue weighted by atomic mass is 16.5. The zero-order chi connectivity index (χ0) is 14.5. The monoisotopic (exact) mass is 281 g/mol. The normalized spacial score (nSPS) is 18.2. The van der Waals surface area contributed by atoms with Gasteiger partial charge in [0.2, 0.25) is 5.91 Å². The Morgan fingerprint density at radius 3 is 2.70 bits per heavy atom. The molecule has 1 aromatic heterocycles. The van der Waals surface area contributed by atoms with Crippen molar-refractivity contribution in [3.05, 3.63) is 17.5 Å². The van der Waals surface area contributed by atoms with Crippen LogP contribution in [-0.4, -0.2) is 58.3 Å². The predicted molar refractivity (Wildman–Crippen MR) is 74.0 cm³/mol. The molecule has 0 saturated carbocycles. The Morgan fingerprint density at radius 1 is 1.45 bits per heavy atom. The van der Waals surface area contributed by atoms with Crippen LogP contribution in [0.4, 0.5) is 0 Å². The third-order valence-electron chi connectivity index (χ3n) is 3.56. The Bertz CT molecular complexity index is 437. The number of aromatic nitrogens is 1. The molecule has 0 aliphatic carbocycles. The first kappa shape index (κ1) is 15.0. The van der Waals surface area contributed by atoms with Crippen LogP contribution < -0.4 is 0 Å². The summed E-state index contributed by atoms with van der Waals surface area (Å²) in [7, 11) is 0. The smallest absolute Gasteiger partial charge is 0.222 e. The first-order valence-corrected chi connectivity index (χ1v) is 7.15. The molecule has 1 amide bonds. The van der Waals surface area contributed by atoms with Gasteiger partial charge in [-0.15, -0.1) is 0 Å². The minimum atomic E-state index is -0.407. The van der Waals surface area contributed by atoms with Crippen LogP contribution in [0.2, 0.25) is 0 Å². The molecule has 2 rings (SSSR count). The first-order valence-electron chi connectivity index (χ1n) is 7.15. The molecule has 1 saturated heterocycles. The molecule has 0 radical (unpaired) electrons. The SMILES string of the molecule is Cc1cc(CN2CCN(C(=O)CCC(C)O)CC2)on1. The summed E-state index contributed by atoms with van der Waals surface area (Å²) in [5, 5.41) is 13.1. The van der Waals surface area contributed by atoms with Gasteiger partial charge in [0.15, 0.2) is 5.76 Å². The quantitative estimate of drug-likeness (QED) is 0.864. The van der Waals surface area contributed by atoms with Gasteiger partial charge in [0, 0.05) is 38.7 Å². The Labute approximate surface area is 119 Å². The molecule has 1 atom stereocenters. The molecule has 0 spiro atoms. The largest absolute Gasteiger partial charge is 0.393 e. The van der Waals surface area contributed by atoms with Gasteiger partial charge in [0.25, 0.3) is 0 Å². The van der Waals surface area contributed by atoms with Gasteiger partial charge in [-0.2, -0.15) is 0 Å². The molecule has 112 valence electrons. The molecular weight excluding hydrogens is 258 g/mol. The summed E-state index contributed by atoms with van der Waals surface area (Å²) in [6, 6.07) is 1.94. The van der Waals surface area contributed by atoms with Crippen molar-refractivity contribution in [2.45, 2.75) is 39.3 Å². The van der Waals surface area contributed by atoms with E-state index in [2.05, 4.69) is 10.1 Å². The van der Waals surface area contributed by atoms with Crippen molar-refractivity contribution in [1.29, 1.82) is 0 Å². The Kier molecular flexibility index (Phi) is 5.14. The van der Waals surface area contributed by atoms with E-state index in [0.717, 1.165) is 44.2 Å². The molecule has 1 aliphatic heterocycles. The minimum absolute atomic E-state index is 0.140. The topological polar surface area (TPSA) is 69.8 Å². The number of aliphatic hydroxyl groups is 1. The third-order valence-corrected chi connectivity index (χ3v) is 3.56. The van der Waals surface area contributed by atoms with E-state index >= 15 is 0 Å². The number of carbonyl (C=O) groups excluding carboxylic acids is 1. The lowest BCUT2D eigenvalue weighted by Crippen LogP contribution is -2.48. The molecule has 1 aromatic rings. The van der Waals surface area contributed by atoms with Gasteiger partial charge < -0.3 is 14.5 Å². The lowest BCUT2D eigenvalue weighted by atomic mass is 10.2. The summed E-state index contributed by atoms with van der Waals surface area (Å²) in [5.41, 5.74) is 0.895. The fourth-order valence-electron chi connectivity index (χ4n) is 2.36. The average molecular weight is 281 g/mol. The number of amides is 1. The number of piperazine rings is 1. The summed E-state index contributed by atoms with van der Waals surface area (Å²) >= 11 is 0. The maximum absolute atomic E-state index is 11.9. The van der Waals surface area contributed by atoms with E-state index in [1.165, 1.54) is 0 Å². The van der Waals surface area contributed by atoms with Crippen molar-refractivity contribution in [1.82, 2.24) is 15.0 Å². The van der Waals surface area contributed by atoms with Gasteiger partial charge in [0.05, 0.1) is 18.3 Å². The van der Waals surface area contributed by atoms with Gasteiger partial charge in [0.1, 0.15) is 0 Å². The van der Waals surface area contributed by atoms with Crippen molar-refractivity contribution >= 4 is 5.91 Å². The Hall–Kier alpha value is -1.40. The molecule has 0 aromatic carbocycles. The summed E-state index contributed by atoms with van der Waals surface area (Å²) in [6.45, 7) is 7.55. The van der Waals surface area contributed by atoms with Crippen LogP contribution in [0.15, 0.2) is 10.6 Å². The van der Waals surface area contributed by atoms with Crippen molar-refractivity contribution in [2.24, 2.45) is 0 Å². The van der Waals surface area contributed by atoms with Crippen molar-refractivity contribution in [3.63, 3.8) is 0 Å². The molecule has 1 aliphatic rings. The third kappa shape index (κ3) is 4.31. The standard InChI is InChI=1S/C14H23N3O3/c1-11-9-13(20-15-11)10-16-5-7-17(8-6-16)14(19)4-3-12(2)18/h9,12,18H,3-8,10H2,1-2H3. The number of aliphatic hydroxyl groups excluding tert-OH is 1. The second-order valence-corrected chi connectivity index (χ2v) is 5.48. The molecule has 20 heavy (non-hydrogen) atoms. The number of hydrogen-bond donors (Lipinski definition) is 1. The Morgan fingerprint density at radius 2 is 2.15 bits per heavy atom. The van der Waals surface area contributed by atoms with Gasteiger partial charge in [-0.1, -0.05) is 5.16 Å². The van der Waals surface area contributed by atoms with E-state index in [4.69, 9.17) is 4.52 Å².